The molecule has 200 valence electrons. The van der Waals surface area contributed by atoms with Crippen LogP contribution in [0.2, 0.25) is 0 Å². The van der Waals surface area contributed by atoms with Gasteiger partial charge in [-0.2, -0.15) is 0 Å². The summed E-state index contributed by atoms with van der Waals surface area (Å²) >= 11 is 3.22. The van der Waals surface area contributed by atoms with E-state index in [0.717, 1.165) is 15.6 Å². The van der Waals surface area contributed by atoms with Crippen molar-refractivity contribution in [3.05, 3.63) is 70.2 Å². The van der Waals surface area contributed by atoms with E-state index in [1.165, 1.54) is 18.5 Å². The maximum Gasteiger partial charge on any atom is 0.272 e. The van der Waals surface area contributed by atoms with E-state index in [2.05, 4.69) is 41.5 Å². The van der Waals surface area contributed by atoms with Crippen molar-refractivity contribution in [2.45, 2.75) is 18.4 Å². The number of benzene rings is 2. The molecule has 0 atom stereocenters. The Kier molecular flexibility index (Phi) is 9.20. The number of fused-ring (bicyclic) bond motifs is 2. The summed E-state index contributed by atoms with van der Waals surface area (Å²) in [4.78, 5) is 34.9. The number of nitrogens with two attached hydrogens (primary N) is 1. The number of hydrogen-bond donors (Lipinski definition) is 4. The van der Waals surface area contributed by atoms with Gasteiger partial charge in [-0.3, -0.25) is 9.59 Å². The number of aryl methyl sites for hydroxylation is 1. The first-order chi connectivity index (χ1) is 17.5. The number of nitrogens with zero attached hydrogens (tertiary/aromatic N) is 2. The first-order valence-electron chi connectivity index (χ1n) is 10.6. The van der Waals surface area contributed by atoms with Gasteiger partial charge in [-0.15, -0.1) is 12.4 Å². The molecule has 5 rings (SSSR count). The van der Waals surface area contributed by atoms with Crippen LogP contribution in [0.4, 0.5) is 11.4 Å². The highest BCUT2D eigenvalue weighted by atomic mass is 79.9. The summed E-state index contributed by atoms with van der Waals surface area (Å²) in [6, 6.07) is 9.98. The molecule has 5 N–H and O–H groups in total. The van der Waals surface area contributed by atoms with Crippen LogP contribution in [0, 0.1) is 6.92 Å². The van der Waals surface area contributed by atoms with Gasteiger partial charge in [-0.05, 0) is 42.3 Å². The number of halogens is 3. The lowest BCUT2D eigenvalue weighted by atomic mass is 10.1. The molecule has 2 aromatic carbocycles. The Morgan fingerprint density at radius 2 is 2.00 bits per heavy atom. The monoisotopic (exact) mass is 642 g/mol. The fourth-order valence-corrected chi connectivity index (χ4v) is 4.67. The second-order valence-electron chi connectivity index (χ2n) is 7.89. The third kappa shape index (κ3) is 6.72. The van der Waals surface area contributed by atoms with Gasteiger partial charge in [0.2, 0.25) is 0 Å². The van der Waals surface area contributed by atoms with Crippen molar-refractivity contribution in [1.29, 1.82) is 0 Å². The minimum absolute atomic E-state index is 0. The highest BCUT2D eigenvalue weighted by molar-refractivity contribution is 9.10. The fraction of sp³-hybridized carbons (Fsp3) is 0.130. The Balaban J connectivity index is 0.000000262. The van der Waals surface area contributed by atoms with Crippen molar-refractivity contribution in [2.75, 3.05) is 17.7 Å². The highest BCUT2D eigenvalue weighted by Gasteiger charge is 2.18. The van der Waals surface area contributed by atoms with Gasteiger partial charge < -0.3 is 26.1 Å². The van der Waals surface area contributed by atoms with Crippen molar-refractivity contribution in [1.82, 2.24) is 20.3 Å². The van der Waals surface area contributed by atoms with E-state index in [1.807, 2.05) is 13.0 Å². The van der Waals surface area contributed by atoms with Crippen LogP contribution in [-0.4, -0.2) is 41.8 Å². The Labute approximate surface area is 236 Å². The molecule has 0 saturated heterocycles. The minimum Gasteiger partial charge on any atom is -0.482 e. The molecule has 0 fully saturated rings. The lowest BCUT2D eigenvalue weighted by Gasteiger charge is -2.18. The van der Waals surface area contributed by atoms with Gasteiger partial charge in [-0.25, -0.2) is 18.4 Å². The molecule has 0 unspecified atom stereocenters. The van der Waals surface area contributed by atoms with E-state index in [9.17, 15) is 18.0 Å². The number of carbonyl (C=O) groups excluding carboxylic acids is 2. The van der Waals surface area contributed by atoms with Crippen molar-refractivity contribution < 1.29 is 22.7 Å². The molecule has 4 aromatic rings. The van der Waals surface area contributed by atoms with Gasteiger partial charge in [0.05, 0.1) is 21.8 Å². The molecule has 1 aliphatic heterocycles. The van der Waals surface area contributed by atoms with Gasteiger partial charge in [0.1, 0.15) is 17.6 Å². The summed E-state index contributed by atoms with van der Waals surface area (Å²) in [5.74, 6) is 0.0442. The molecule has 0 radical (unpaired) electrons. The summed E-state index contributed by atoms with van der Waals surface area (Å²) < 4.78 is 27.7. The number of amides is 2. The van der Waals surface area contributed by atoms with Gasteiger partial charge in [0.25, 0.3) is 20.9 Å². The Morgan fingerprint density at radius 3 is 2.71 bits per heavy atom. The molecule has 3 heterocycles. The number of ether oxygens (including phenoxy) is 1. The Hall–Kier alpha value is -3.39. The van der Waals surface area contributed by atoms with Gasteiger partial charge >= 0.3 is 0 Å². The quantitative estimate of drug-likeness (QED) is 0.243. The standard InChI is InChI=1S/C16H14N6O3.C7H6BrClO2S.ClH/c17-9-5-18-14-13(9)20-7-21-15(14)16(24)19-4-8-1-2-11-10(3-8)22-12(23)6-25-11;1-5-2-3-6(4-7(5)8)12(9,10)11;/h1-3,5,7,18H,4,6,17H2,(H,19,24)(H,22,23);2-4H,1H3;1H. The topological polar surface area (TPSA) is 169 Å². The zero-order valence-corrected chi connectivity index (χ0v) is 23.6. The predicted octanol–water partition coefficient (Wildman–Crippen LogP) is 3.91. The van der Waals surface area contributed by atoms with E-state index in [0.29, 0.717) is 28.2 Å². The maximum absolute atomic E-state index is 12.4. The van der Waals surface area contributed by atoms with Crippen LogP contribution in [0.1, 0.15) is 21.6 Å². The molecule has 0 spiro atoms. The van der Waals surface area contributed by atoms with Crippen LogP contribution in [0.15, 0.2) is 58.3 Å². The molecule has 0 bridgehead atoms. The third-order valence-corrected chi connectivity index (χ3v) is 7.47. The number of rotatable bonds is 4. The Bertz CT molecular complexity index is 1630. The molecule has 1 aliphatic rings. The van der Waals surface area contributed by atoms with Gasteiger partial charge in [0, 0.05) is 27.9 Å². The zero-order valence-electron chi connectivity index (χ0n) is 19.6. The average molecular weight is 644 g/mol. The number of anilines is 2. The van der Waals surface area contributed by atoms with Gasteiger partial charge in [-0.1, -0.05) is 28.1 Å². The lowest BCUT2D eigenvalue weighted by Crippen LogP contribution is -2.26. The summed E-state index contributed by atoms with van der Waals surface area (Å²) in [6.07, 6.45) is 2.87. The number of hydrogen-bond acceptors (Lipinski definition) is 8. The molecule has 2 amide bonds. The fourth-order valence-electron chi connectivity index (χ4n) is 3.36. The van der Waals surface area contributed by atoms with Crippen molar-refractivity contribution >= 4 is 82.3 Å². The summed E-state index contributed by atoms with van der Waals surface area (Å²) in [5, 5.41) is 5.52. The van der Waals surface area contributed by atoms with E-state index in [1.54, 1.807) is 24.4 Å². The first-order valence-corrected chi connectivity index (χ1v) is 13.8. The number of aromatic nitrogens is 3. The summed E-state index contributed by atoms with van der Waals surface area (Å²) in [5.41, 5.74) is 9.83. The molecule has 0 aliphatic carbocycles. The van der Waals surface area contributed by atoms with E-state index < -0.39 is 9.05 Å². The molecule has 11 nitrogen and oxygen atoms in total. The highest BCUT2D eigenvalue weighted by Crippen LogP contribution is 2.28. The number of carbonyl (C=O) groups is 2. The van der Waals surface area contributed by atoms with Crippen molar-refractivity contribution in [2.24, 2.45) is 0 Å². The molecule has 2 aromatic heterocycles. The van der Waals surface area contributed by atoms with Crippen LogP contribution in [0.3, 0.4) is 0 Å². The molecule has 15 heteroatoms. The molecular weight excluding hydrogens is 623 g/mol. The smallest absolute Gasteiger partial charge is 0.272 e. The molecule has 0 saturated carbocycles. The third-order valence-electron chi connectivity index (χ3n) is 5.26. The van der Waals surface area contributed by atoms with E-state index in [4.69, 9.17) is 21.2 Å². The molecule has 38 heavy (non-hydrogen) atoms. The summed E-state index contributed by atoms with van der Waals surface area (Å²) in [6.45, 7) is 2.14. The average Bonchev–Trinajstić information content (AvgIpc) is 3.24. The summed E-state index contributed by atoms with van der Waals surface area (Å²) in [7, 11) is 1.53. The normalized spacial score (nSPS) is 12.2. The Morgan fingerprint density at radius 1 is 1.24 bits per heavy atom. The first kappa shape index (κ1) is 29.2. The molecular formula is C23H21BrCl2N6O5S. The zero-order chi connectivity index (χ0) is 26.7. The van der Waals surface area contributed by atoms with Crippen LogP contribution in [0.5, 0.6) is 5.75 Å². The predicted molar refractivity (Wildman–Crippen MR) is 149 cm³/mol. The number of nitrogens with one attached hydrogen (secondary N) is 3. The SMILES string of the molecule is Cc1ccc(S(=O)(=O)Cl)cc1Br.Cl.Nc1c[nH]c2c(C(=O)NCc3ccc4c(c3)NC(=O)CO4)ncnc12. The second-order valence-corrected chi connectivity index (χ2v) is 11.3. The number of nitrogen functional groups attached to an aromatic ring is 1. The largest absolute Gasteiger partial charge is 0.482 e. The second kappa shape index (κ2) is 12.0. The van der Waals surface area contributed by atoms with Gasteiger partial charge in [0.15, 0.2) is 12.3 Å². The lowest BCUT2D eigenvalue weighted by molar-refractivity contribution is -0.118. The van der Waals surface area contributed by atoms with Crippen LogP contribution < -0.4 is 21.1 Å². The minimum atomic E-state index is -3.60. The van der Waals surface area contributed by atoms with E-state index >= 15 is 0 Å². The van der Waals surface area contributed by atoms with Crippen LogP contribution in [0.25, 0.3) is 11.0 Å². The number of H-pyrrole nitrogens is 1. The van der Waals surface area contributed by atoms with E-state index in [-0.39, 0.29) is 48.0 Å². The number of aromatic amines is 1. The van der Waals surface area contributed by atoms with Crippen molar-refractivity contribution in [3.8, 4) is 5.75 Å². The van der Waals surface area contributed by atoms with Crippen molar-refractivity contribution in [3.63, 3.8) is 0 Å². The van der Waals surface area contributed by atoms with Crippen LogP contribution in [-0.2, 0) is 20.4 Å². The van der Waals surface area contributed by atoms with Crippen LogP contribution >= 0.6 is 39.0 Å². The maximum atomic E-state index is 12.4.